The van der Waals surface area contributed by atoms with Gasteiger partial charge in [-0.05, 0) is 6.92 Å². The van der Waals surface area contributed by atoms with Crippen molar-refractivity contribution in [2.24, 2.45) is 0 Å². The van der Waals surface area contributed by atoms with Gasteiger partial charge in [0.2, 0.25) is 5.91 Å². The van der Waals surface area contributed by atoms with Crippen molar-refractivity contribution < 1.29 is 22.7 Å². The fourth-order valence-electron chi connectivity index (χ4n) is 1.51. The molecule has 94 valence electrons. The quantitative estimate of drug-likeness (QED) is 0.775. The van der Waals surface area contributed by atoms with Gasteiger partial charge in [-0.3, -0.25) is 4.79 Å². The van der Waals surface area contributed by atoms with E-state index < -0.39 is 12.7 Å². The van der Waals surface area contributed by atoms with Crippen LogP contribution in [0.25, 0.3) is 0 Å². The monoisotopic (exact) mass is 240 g/mol. The zero-order chi connectivity index (χ0) is 12.2. The number of hydrogen-bond donors (Lipinski definition) is 1. The minimum Gasteiger partial charge on any atom is -0.377 e. The Morgan fingerprint density at radius 3 is 2.81 bits per heavy atom. The maximum absolute atomic E-state index is 11.8. The van der Waals surface area contributed by atoms with Crippen LogP contribution in [0.1, 0.15) is 6.92 Å². The molecule has 0 spiro atoms. The number of carbonyl (C=O) groups excluding carboxylic acids is 1. The number of nitrogens with zero attached hydrogens (tertiary/aromatic N) is 1. The molecule has 0 saturated carbocycles. The van der Waals surface area contributed by atoms with E-state index in [0.29, 0.717) is 19.8 Å². The second-order valence-electron chi connectivity index (χ2n) is 3.73. The second-order valence-corrected chi connectivity index (χ2v) is 3.73. The normalized spacial score (nSPS) is 22.2. The zero-order valence-electron chi connectivity index (χ0n) is 9.01. The summed E-state index contributed by atoms with van der Waals surface area (Å²) in [6, 6.07) is -0.0751. The Morgan fingerprint density at radius 1 is 1.56 bits per heavy atom. The molecule has 4 nitrogen and oxygen atoms in total. The van der Waals surface area contributed by atoms with Gasteiger partial charge in [0.15, 0.2) is 0 Å². The third-order valence-corrected chi connectivity index (χ3v) is 2.29. The minimum absolute atomic E-state index is 0.0751. The third-order valence-electron chi connectivity index (χ3n) is 2.29. The Bertz CT molecular complexity index is 245. The van der Waals surface area contributed by atoms with Crippen molar-refractivity contribution in [2.75, 3.05) is 32.8 Å². The first kappa shape index (κ1) is 13.2. The highest BCUT2D eigenvalue weighted by molar-refractivity contribution is 5.78. The van der Waals surface area contributed by atoms with Gasteiger partial charge in [-0.25, -0.2) is 0 Å². The average molecular weight is 240 g/mol. The maximum Gasteiger partial charge on any atom is 0.401 e. The predicted molar refractivity (Wildman–Crippen MR) is 50.9 cm³/mol. The molecule has 0 aliphatic carbocycles. The highest BCUT2D eigenvalue weighted by Crippen LogP contribution is 2.12. The maximum atomic E-state index is 11.8. The SMILES string of the molecule is CC1COCCN1C(=O)CNCC(F)(F)F. The number of ether oxygens (including phenoxy) is 1. The van der Waals surface area contributed by atoms with Crippen molar-refractivity contribution in [1.82, 2.24) is 10.2 Å². The molecule has 0 radical (unpaired) electrons. The molecule has 0 aromatic rings. The van der Waals surface area contributed by atoms with Gasteiger partial charge < -0.3 is 15.0 Å². The lowest BCUT2D eigenvalue weighted by Crippen LogP contribution is -2.50. The molecule has 1 heterocycles. The van der Waals surface area contributed by atoms with E-state index in [0.717, 1.165) is 0 Å². The molecular formula is C9H15F3N2O2. The first-order chi connectivity index (χ1) is 7.40. The summed E-state index contributed by atoms with van der Waals surface area (Å²) in [5.41, 5.74) is 0. The number of morpholine rings is 1. The summed E-state index contributed by atoms with van der Waals surface area (Å²) in [7, 11) is 0. The Hall–Kier alpha value is -0.820. The molecule has 1 unspecified atom stereocenters. The van der Waals surface area contributed by atoms with Crippen molar-refractivity contribution >= 4 is 5.91 Å². The Labute approximate surface area is 91.7 Å². The molecule has 0 aromatic carbocycles. The number of hydrogen-bond acceptors (Lipinski definition) is 3. The smallest absolute Gasteiger partial charge is 0.377 e. The summed E-state index contributed by atoms with van der Waals surface area (Å²) in [6.07, 6.45) is -4.28. The molecule has 16 heavy (non-hydrogen) atoms. The summed E-state index contributed by atoms with van der Waals surface area (Å²) in [4.78, 5) is 13.1. The van der Waals surface area contributed by atoms with Crippen LogP contribution in [0.5, 0.6) is 0 Å². The molecule has 1 atom stereocenters. The van der Waals surface area contributed by atoms with Gasteiger partial charge in [-0.2, -0.15) is 13.2 Å². The van der Waals surface area contributed by atoms with Crippen LogP contribution in [0, 0.1) is 0 Å². The lowest BCUT2D eigenvalue weighted by atomic mass is 10.2. The third kappa shape index (κ3) is 4.36. The number of amides is 1. The Kier molecular flexibility index (Phi) is 4.55. The van der Waals surface area contributed by atoms with Crippen molar-refractivity contribution in [3.63, 3.8) is 0 Å². The first-order valence-corrected chi connectivity index (χ1v) is 5.05. The van der Waals surface area contributed by atoms with E-state index >= 15 is 0 Å². The topological polar surface area (TPSA) is 41.6 Å². The van der Waals surface area contributed by atoms with Crippen molar-refractivity contribution in [1.29, 1.82) is 0 Å². The standard InChI is InChI=1S/C9H15F3N2O2/c1-7-5-16-3-2-14(7)8(15)4-13-6-9(10,11)12/h7,13H,2-6H2,1H3. The second kappa shape index (κ2) is 5.49. The summed E-state index contributed by atoms with van der Waals surface area (Å²) in [6.45, 7) is 1.69. The van der Waals surface area contributed by atoms with Crippen molar-refractivity contribution in [3.05, 3.63) is 0 Å². The molecule has 1 N–H and O–H groups in total. The van der Waals surface area contributed by atoms with Crippen LogP contribution >= 0.6 is 0 Å². The Balaban J connectivity index is 2.29. The average Bonchev–Trinajstić information content (AvgIpc) is 2.16. The van der Waals surface area contributed by atoms with Gasteiger partial charge in [0.05, 0.1) is 32.3 Å². The summed E-state index contributed by atoms with van der Waals surface area (Å²) >= 11 is 0. The molecule has 1 rings (SSSR count). The number of rotatable bonds is 3. The number of alkyl halides is 3. The van der Waals surface area contributed by atoms with E-state index in [-0.39, 0.29) is 18.5 Å². The van der Waals surface area contributed by atoms with Crippen LogP contribution in [0.2, 0.25) is 0 Å². The lowest BCUT2D eigenvalue weighted by molar-refractivity contribution is -0.140. The number of nitrogens with one attached hydrogen (secondary N) is 1. The van der Waals surface area contributed by atoms with E-state index in [4.69, 9.17) is 4.74 Å². The van der Waals surface area contributed by atoms with Crippen LogP contribution in [-0.2, 0) is 9.53 Å². The Morgan fingerprint density at radius 2 is 2.25 bits per heavy atom. The van der Waals surface area contributed by atoms with Gasteiger partial charge >= 0.3 is 6.18 Å². The first-order valence-electron chi connectivity index (χ1n) is 5.05. The zero-order valence-corrected chi connectivity index (χ0v) is 9.01. The van der Waals surface area contributed by atoms with E-state index in [2.05, 4.69) is 5.32 Å². The highest BCUT2D eigenvalue weighted by Gasteiger charge is 2.28. The number of halogens is 3. The number of carbonyl (C=O) groups is 1. The summed E-state index contributed by atoms with van der Waals surface area (Å²) in [5, 5.41) is 2.09. The molecule has 1 saturated heterocycles. The lowest BCUT2D eigenvalue weighted by Gasteiger charge is -2.33. The summed E-state index contributed by atoms with van der Waals surface area (Å²) < 4.78 is 40.6. The molecule has 7 heteroatoms. The predicted octanol–water partition coefficient (Wildman–Crippen LogP) is 0.386. The van der Waals surface area contributed by atoms with E-state index in [9.17, 15) is 18.0 Å². The molecular weight excluding hydrogens is 225 g/mol. The van der Waals surface area contributed by atoms with Gasteiger partial charge in [0.25, 0.3) is 0 Å². The van der Waals surface area contributed by atoms with Crippen LogP contribution < -0.4 is 5.32 Å². The van der Waals surface area contributed by atoms with E-state index in [1.165, 1.54) is 4.90 Å². The van der Waals surface area contributed by atoms with Crippen LogP contribution in [0.3, 0.4) is 0 Å². The van der Waals surface area contributed by atoms with Crippen LogP contribution in [-0.4, -0.2) is 55.9 Å². The molecule has 1 aliphatic heterocycles. The van der Waals surface area contributed by atoms with E-state index in [1.807, 2.05) is 0 Å². The fourth-order valence-corrected chi connectivity index (χ4v) is 1.51. The minimum atomic E-state index is -4.28. The van der Waals surface area contributed by atoms with Crippen LogP contribution in [0.4, 0.5) is 13.2 Å². The van der Waals surface area contributed by atoms with Gasteiger partial charge in [0, 0.05) is 6.54 Å². The molecule has 0 aromatic heterocycles. The highest BCUT2D eigenvalue weighted by atomic mass is 19.4. The van der Waals surface area contributed by atoms with E-state index in [1.54, 1.807) is 6.92 Å². The van der Waals surface area contributed by atoms with Gasteiger partial charge in [-0.1, -0.05) is 0 Å². The van der Waals surface area contributed by atoms with Crippen molar-refractivity contribution in [3.8, 4) is 0 Å². The molecule has 1 fully saturated rings. The van der Waals surface area contributed by atoms with Gasteiger partial charge in [-0.15, -0.1) is 0 Å². The van der Waals surface area contributed by atoms with Crippen LogP contribution in [0.15, 0.2) is 0 Å². The molecule has 1 amide bonds. The van der Waals surface area contributed by atoms with Gasteiger partial charge in [0.1, 0.15) is 0 Å². The fraction of sp³-hybridized carbons (Fsp3) is 0.889. The summed E-state index contributed by atoms with van der Waals surface area (Å²) in [5.74, 6) is -0.319. The van der Waals surface area contributed by atoms with Crippen molar-refractivity contribution in [2.45, 2.75) is 19.1 Å². The largest absolute Gasteiger partial charge is 0.401 e. The molecule has 1 aliphatic rings. The molecule has 0 bridgehead atoms.